The average molecular weight is 408 g/mol. The number of benzene rings is 1. The van der Waals surface area contributed by atoms with Crippen molar-refractivity contribution in [1.82, 2.24) is 10.2 Å². The lowest BCUT2D eigenvalue weighted by Crippen LogP contribution is -2.55. The molecule has 0 aliphatic carbocycles. The Morgan fingerprint density at radius 3 is 2.74 bits per heavy atom. The summed E-state index contributed by atoms with van der Waals surface area (Å²) < 4.78 is 20.2. The van der Waals surface area contributed by atoms with E-state index >= 15 is 0 Å². The second-order valence-electron chi connectivity index (χ2n) is 6.64. The molecule has 1 saturated heterocycles. The fourth-order valence-electron chi connectivity index (χ4n) is 2.64. The molecular formula is C16H21BrClFN2O2. The molecule has 7 heteroatoms. The summed E-state index contributed by atoms with van der Waals surface area (Å²) in [6.07, 6.45) is -0.391. The van der Waals surface area contributed by atoms with E-state index in [1.54, 1.807) is 11.0 Å². The Hall–Kier alpha value is -0.850. The molecule has 0 radical (unpaired) electrons. The Labute approximate surface area is 149 Å². The van der Waals surface area contributed by atoms with E-state index in [2.05, 4.69) is 21.2 Å². The van der Waals surface area contributed by atoms with Crippen LogP contribution in [0.5, 0.6) is 0 Å². The Balaban J connectivity index is 2.27. The van der Waals surface area contributed by atoms with Crippen LogP contribution in [0, 0.1) is 5.82 Å². The maximum Gasteiger partial charge on any atom is 0.410 e. The minimum atomic E-state index is -0.568. The number of nitrogens with zero attached hydrogens (tertiary/aromatic N) is 1. The summed E-state index contributed by atoms with van der Waals surface area (Å²) in [5.41, 5.74) is -0.133. The SMILES string of the molecule is C[C@H]1[C@H](c2cc(Cl)cc(Br)c2F)NCCN1C(=O)OC(C)(C)C. The van der Waals surface area contributed by atoms with Crippen LogP contribution in [-0.2, 0) is 4.74 Å². The zero-order valence-electron chi connectivity index (χ0n) is 13.6. The number of nitrogens with one attached hydrogen (secondary N) is 1. The van der Waals surface area contributed by atoms with Gasteiger partial charge in [0.25, 0.3) is 0 Å². The van der Waals surface area contributed by atoms with Crippen LogP contribution in [-0.4, -0.2) is 35.7 Å². The van der Waals surface area contributed by atoms with Crippen LogP contribution in [0.3, 0.4) is 0 Å². The average Bonchev–Trinajstić information content (AvgIpc) is 2.41. The van der Waals surface area contributed by atoms with Gasteiger partial charge in [-0.2, -0.15) is 0 Å². The van der Waals surface area contributed by atoms with E-state index < -0.39 is 11.7 Å². The summed E-state index contributed by atoms with van der Waals surface area (Å²) in [6, 6.07) is 2.48. The van der Waals surface area contributed by atoms with Gasteiger partial charge in [-0.3, -0.25) is 0 Å². The van der Waals surface area contributed by atoms with Crippen molar-refractivity contribution in [3.8, 4) is 0 Å². The Bertz CT molecular complexity index is 606. The number of carbonyl (C=O) groups is 1. The van der Waals surface area contributed by atoms with Crippen LogP contribution in [0.25, 0.3) is 0 Å². The first-order chi connectivity index (χ1) is 10.6. The fourth-order valence-corrected chi connectivity index (χ4v) is 3.48. The van der Waals surface area contributed by atoms with Crippen LogP contribution < -0.4 is 5.32 Å². The maximum atomic E-state index is 14.5. The molecule has 1 aliphatic rings. The highest BCUT2D eigenvalue weighted by Crippen LogP contribution is 2.32. The molecule has 1 fully saturated rings. The molecule has 2 rings (SSSR count). The fraction of sp³-hybridized carbons (Fsp3) is 0.562. The summed E-state index contributed by atoms with van der Waals surface area (Å²) in [7, 11) is 0. The van der Waals surface area contributed by atoms with Gasteiger partial charge in [-0.25, -0.2) is 9.18 Å². The van der Waals surface area contributed by atoms with Crippen LogP contribution in [0.4, 0.5) is 9.18 Å². The Morgan fingerprint density at radius 2 is 2.13 bits per heavy atom. The van der Waals surface area contributed by atoms with E-state index in [0.717, 1.165) is 0 Å². The second kappa shape index (κ2) is 6.95. The van der Waals surface area contributed by atoms with Gasteiger partial charge < -0.3 is 15.0 Å². The van der Waals surface area contributed by atoms with Crippen molar-refractivity contribution >= 4 is 33.6 Å². The minimum absolute atomic E-state index is 0.265. The minimum Gasteiger partial charge on any atom is -0.444 e. The number of rotatable bonds is 1. The van der Waals surface area contributed by atoms with Gasteiger partial charge in [-0.15, -0.1) is 0 Å². The molecule has 1 aliphatic heterocycles. The third-order valence-corrected chi connectivity index (χ3v) is 4.47. The van der Waals surface area contributed by atoms with Crippen LogP contribution in [0.2, 0.25) is 5.02 Å². The molecule has 23 heavy (non-hydrogen) atoms. The molecular weight excluding hydrogens is 387 g/mol. The number of hydrogen-bond donors (Lipinski definition) is 1. The molecule has 0 bridgehead atoms. The number of halogens is 3. The van der Waals surface area contributed by atoms with Gasteiger partial charge in [0.05, 0.1) is 16.6 Å². The van der Waals surface area contributed by atoms with E-state index in [4.69, 9.17) is 16.3 Å². The molecule has 1 amide bonds. The molecule has 1 aromatic rings. The van der Waals surface area contributed by atoms with Gasteiger partial charge >= 0.3 is 6.09 Å². The predicted molar refractivity (Wildman–Crippen MR) is 92.3 cm³/mol. The molecule has 1 heterocycles. The largest absolute Gasteiger partial charge is 0.444 e. The lowest BCUT2D eigenvalue weighted by atomic mass is 9.97. The zero-order chi connectivity index (χ0) is 17.4. The van der Waals surface area contributed by atoms with Gasteiger partial charge in [0.15, 0.2) is 0 Å². The topological polar surface area (TPSA) is 41.6 Å². The molecule has 0 unspecified atom stereocenters. The van der Waals surface area contributed by atoms with Crippen molar-refractivity contribution in [3.05, 3.63) is 33.0 Å². The first-order valence-electron chi connectivity index (χ1n) is 7.47. The lowest BCUT2D eigenvalue weighted by Gasteiger charge is -2.40. The number of carbonyl (C=O) groups excluding carboxylic acids is 1. The van der Waals surface area contributed by atoms with Crippen LogP contribution >= 0.6 is 27.5 Å². The van der Waals surface area contributed by atoms with Crippen molar-refractivity contribution in [2.24, 2.45) is 0 Å². The van der Waals surface area contributed by atoms with Crippen molar-refractivity contribution in [1.29, 1.82) is 0 Å². The van der Waals surface area contributed by atoms with E-state index in [1.165, 1.54) is 6.07 Å². The summed E-state index contributed by atoms with van der Waals surface area (Å²) in [4.78, 5) is 14.0. The van der Waals surface area contributed by atoms with Gasteiger partial charge in [-0.1, -0.05) is 11.6 Å². The van der Waals surface area contributed by atoms with Crippen molar-refractivity contribution in [2.45, 2.75) is 45.4 Å². The number of hydrogen-bond acceptors (Lipinski definition) is 3. The molecule has 0 spiro atoms. The van der Waals surface area contributed by atoms with Gasteiger partial charge in [-0.05, 0) is 55.8 Å². The molecule has 4 nitrogen and oxygen atoms in total. The maximum absolute atomic E-state index is 14.5. The summed E-state index contributed by atoms with van der Waals surface area (Å²) in [5, 5.41) is 3.70. The molecule has 0 saturated carbocycles. The standard InChI is InChI=1S/C16H21BrClFN2O2/c1-9-14(11-7-10(18)8-12(17)13(11)19)20-5-6-21(9)15(22)23-16(2,3)4/h7-9,14,20H,5-6H2,1-4H3/t9-,14+/m0/s1. The zero-order valence-corrected chi connectivity index (χ0v) is 16.0. The van der Waals surface area contributed by atoms with Gasteiger partial charge in [0.2, 0.25) is 0 Å². The van der Waals surface area contributed by atoms with Crippen molar-refractivity contribution in [2.75, 3.05) is 13.1 Å². The predicted octanol–water partition coefficient (Wildman–Crippen LogP) is 4.51. The monoisotopic (exact) mass is 406 g/mol. The highest BCUT2D eigenvalue weighted by molar-refractivity contribution is 9.10. The van der Waals surface area contributed by atoms with Crippen molar-refractivity contribution in [3.63, 3.8) is 0 Å². The van der Waals surface area contributed by atoms with E-state index in [9.17, 15) is 9.18 Å². The molecule has 2 atom stereocenters. The third kappa shape index (κ3) is 4.37. The summed E-state index contributed by atoms with van der Waals surface area (Å²) >= 11 is 9.22. The van der Waals surface area contributed by atoms with Crippen molar-refractivity contribution < 1.29 is 13.9 Å². The van der Waals surface area contributed by atoms with E-state index in [-0.39, 0.29) is 17.9 Å². The highest BCUT2D eigenvalue weighted by Gasteiger charge is 2.35. The first kappa shape index (κ1) is 18.5. The van der Waals surface area contributed by atoms with Gasteiger partial charge in [0.1, 0.15) is 11.4 Å². The smallest absolute Gasteiger partial charge is 0.410 e. The molecule has 1 aromatic carbocycles. The van der Waals surface area contributed by atoms with E-state index in [1.807, 2.05) is 27.7 Å². The lowest BCUT2D eigenvalue weighted by molar-refractivity contribution is 0.00788. The first-order valence-corrected chi connectivity index (χ1v) is 8.64. The van der Waals surface area contributed by atoms with E-state index in [0.29, 0.717) is 28.1 Å². The normalized spacial score (nSPS) is 22.1. The van der Waals surface area contributed by atoms with Gasteiger partial charge in [0, 0.05) is 23.7 Å². The molecule has 1 N–H and O–H groups in total. The highest BCUT2D eigenvalue weighted by atomic mass is 79.9. The van der Waals surface area contributed by atoms with Crippen LogP contribution in [0.1, 0.15) is 39.3 Å². The number of amides is 1. The van der Waals surface area contributed by atoms with Crippen LogP contribution in [0.15, 0.2) is 16.6 Å². The Kier molecular flexibility index (Phi) is 5.59. The number of ether oxygens (including phenoxy) is 1. The Morgan fingerprint density at radius 1 is 1.48 bits per heavy atom. The summed E-state index contributed by atoms with van der Waals surface area (Å²) in [5.74, 6) is -0.371. The molecule has 0 aromatic heterocycles. The quantitative estimate of drug-likeness (QED) is 0.696. The number of piperazine rings is 1. The molecule has 128 valence electrons. The summed E-state index contributed by atoms with van der Waals surface area (Å²) in [6.45, 7) is 8.40. The second-order valence-corrected chi connectivity index (χ2v) is 7.93. The third-order valence-electron chi connectivity index (χ3n) is 3.68.